The normalized spacial score (nSPS) is 12.7. The van der Waals surface area contributed by atoms with Gasteiger partial charge in [0.1, 0.15) is 6.04 Å². The first kappa shape index (κ1) is 17.6. The van der Waals surface area contributed by atoms with Gasteiger partial charge in [-0.1, -0.05) is 22.0 Å². The van der Waals surface area contributed by atoms with E-state index in [4.69, 9.17) is 5.11 Å². The van der Waals surface area contributed by atoms with E-state index < -0.39 is 27.9 Å². The maximum atomic E-state index is 11.9. The minimum Gasteiger partial charge on any atom is -0.480 e. The summed E-state index contributed by atoms with van der Waals surface area (Å²) in [5.41, 5.74) is 0. The maximum absolute atomic E-state index is 11.9. The molecule has 0 unspecified atom stereocenters. The smallest absolute Gasteiger partial charge is 0.325 e. The first-order valence-electron chi connectivity index (χ1n) is 6.00. The lowest BCUT2D eigenvalue weighted by molar-refractivity contribution is -0.141. The van der Waals surface area contributed by atoms with Crippen molar-refractivity contribution in [2.45, 2.75) is 24.3 Å². The first-order chi connectivity index (χ1) is 9.72. The van der Waals surface area contributed by atoms with Crippen molar-refractivity contribution in [3.63, 3.8) is 0 Å². The third kappa shape index (κ3) is 5.82. The molecule has 1 atom stereocenters. The molecule has 0 heterocycles. The van der Waals surface area contributed by atoms with E-state index in [1.165, 1.54) is 19.1 Å². The van der Waals surface area contributed by atoms with E-state index >= 15 is 0 Å². The van der Waals surface area contributed by atoms with E-state index in [-0.39, 0.29) is 17.9 Å². The van der Waals surface area contributed by atoms with E-state index in [2.05, 4.69) is 26.0 Å². The second kappa shape index (κ2) is 7.53. The maximum Gasteiger partial charge on any atom is 0.325 e. The SMILES string of the molecule is C[C@H](NC(=O)CCNS(=O)(=O)c1cccc(Br)c1)C(=O)O. The number of halogens is 1. The summed E-state index contributed by atoms with van der Waals surface area (Å²) in [7, 11) is -3.70. The minimum atomic E-state index is -3.70. The summed E-state index contributed by atoms with van der Waals surface area (Å²) in [6.45, 7) is 1.21. The number of carbonyl (C=O) groups is 2. The molecule has 0 aliphatic carbocycles. The molecule has 0 aliphatic heterocycles. The molecule has 0 radical (unpaired) electrons. The number of aliphatic carboxylic acids is 1. The van der Waals surface area contributed by atoms with Crippen molar-refractivity contribution in [3.05, 3.63) is 28.7 Å². The summed E-state index contributed by atoms with van der Waals surface area (Å²) in [4.78, 5) is 22.1. The van der Waals surface area contributed by atoms with Gasteiger partial charge in [0.15, 0.2) is 0 Å². The van der Waals surface area contributed by atoms with Gasteiger partial charge < -0.3 is 10.4 Å². The summed E-state index contributed by atoms with van der Waals surface area (Å²) in [5.74, 6) is -1.69. The number of rotatable bonds is 7. The predicted molar refractivity (Wildman–Crippen MR) is 79.2 cm³/mol. The van der Waals surface area contributed by atoms with Crippen LogP contribution in [0.1, 0.15) is 13.3 Å². The molecule has 0 saturated carbocycles. The van der Waals surface area contributed by atoms with Gasteiger partial charge in [-0.3, -0.25) is 9.59 Å². The Bertz CT molecular complexity index is 632. The average molecular weight is 379 g/mol. The number of hydrogen-bond acceptors (Lipinski definition) is 4. The van der Waals surface area contributed by atoms with Crippen LogP contribution >= 0.6 is 15.9 Å². The fourth-order valence-electron chi connectivity index (χ4n) is 1.39. The Balaban J connectivity index is 2.52. The molecule has 3 N–H and O–H groups in total. The van der Waals surface area contributed by atoms with E-state index in [9.17, 15) is 18.0 Å². The van der Waals surface area contributed by atoms with Gasteiger partial charge >= 0.3 is 5.97 Å². The highest BCUT2D eigenvalue weighted by Gasteiger charge is 2.16. The Hall–Kier alpha value is -1.45. The third-order valence-electron chi connectivity index (χ3n) is 2.50. The molecule has 21 heavy (non-hydrogen) atoms. The van der Waals surface area contributed by atoms with Crippen molar-refractivity contribution >= 4 is 37.8 Å². The average Bonchev–Trinajstić information content (AvgIpc) is 2.38. The summed E-state index contributed by atoms with van der Waals surface area (Å²) in [6, 6.07) is 5.13. The molecule has 7 nitrogen and oxygen atoms in total. The second-order valence-corrected chi connectivity index (χ2v) is 6.92. The van der Waals surface area contributed by atoms with Crippen molar-refractivity contribution in [1.82, 2.24) is 10.0 Å². The van der Waals surface area contributed by atoms with E-state index in [1.807, 2.05) is 0 Å². The van der Waals surface area contributed by atoms with Gasteiger partial charge in [0.05, 0.1) is 4.90 Å². The van der Waals surface area contributed by atoms with Crippen molar-refractivity contribution in [1.29, 1.82) is 0 Å². The van der Waals surface area contributed by atoms with Crippen LogP contribution in [0.15, 0.2) is 33.6 Å². The number of amides is 1. The number of benzene rings is 1. The summed E-state index contributed by atoms with van der Waals surface area (Å²) in [5, 5.41) is 10.9. The van der Waals surface area contributed by atoms with E-state index in [1.54, 1.807) is 12.1 Å². The molecule has 1 aromatic rings. The summed E-state index contributed by atoms with van der Waals surface area (Å²) >= 11 is 3.17. The predicted octanol–water partition coefficient (Wildman–Crippen LogP) is 0.707. The topological polar surface area (TPSA) is 113 Å². The molecular formula is C12H15BrN2O5S. The minimum absolute atomic E-state index is 0.0798. The van der Waals surface area contributed by atoms with Gasteiger partial charge in [0.25, 0.3) is 0 Å². The van der Waals surface area contributed by atoms with Gasteiger partial charge in [-0.05, 0) is 25.1 Å². The van der Waals surface area contributed by atoms with Crippen LogP contribution in [0.4, 0.5) is 0 Å². The number of carboxylic acid groups (broad SMARTS) is 1. The highest BCUT2D eigenvalue weighted by atomic mass is 79.9. The Morgan fingerprint density at radius 2 is 2.05 bits per heavy atom. The van der Waals surface area contributed by atoms with Gasteiger partial charge in [-0.2, -0.15) is 0 Å². The third-order valence-corrected chi connectivity index (χ3v) is 4.45. The highest BCUT2D eigenvalue weighted by Crippen LogP contribution is 2.15. The van der Waals surface area contributed by atoms with Crippen LogP contribution in [0.5, 0.6) is 0 Å². The summed E-state index contributed by atoms with van der Waals surface area (Å²) < 4.78 is 26.8. The standard InChI is InChI=1S/C12H15BrN2O5S/c1-8(12(17)18)15-11(16)5-6-14-21(19,20)10-4-2-3-9(13)7-10/h2-4,7-8,14H,5-6H2,1H3,(H,15,16)(H,17,18)/t8-/m0/s1. The van der Waals surface area contributed by atoms with E-state index in [0.29, 0.717) is 4.47 Å². The monoisotopic (exact) mass is 378 g/mol. The Kier molecular flexibility index (Phi) is 6.31. The fourth-order valence-corrected chi connectivity index (χ4v) is 3.02. The summed E-state index contributed by atoms with van der Waals surface area (Å²) in [6.07, 6.45) is -0.148. The molecule has 0 aliphatic rings. The molecule has 1 aromatic carbocycles. The lowest BCUT2D eigenvalue weighted by atomic mass is 10.3. The molecule has 9 heteroatoms. The molecule has 0 aromatic heterocycles. The zero-order valence-corrected chi connectivity index (χ0v) is 13.6. The number of carboxylic acids is 1. The lowest BCUT2D eigenvalue weighted by Crippen LogP contribution is -2.39. The van der Waals surface area contributed by atoms with Crippen LogP contribution < -0.4 is 10.0 Å². The van der Waals surface area contributed by atoms with Gasteiger partial charge in [0.2, 0.25) is 15.9 Å². The number of hydrogen-bond donors (Lipinski definition) is 3. The molecule has 0 spiro atoms. The Morgan fingerprint density at radius 1 is 1.38 bits per heavy atom. The molecule has 1 amide bonds. The molecule has 1 rings (SSSR count). The van der Waals surface area contributed by atoms with Crippen LogP contribution in [0, 0.1) is 0 Å². The van der Waals surface area contributed by atoms with Crippen LogP contribution in [0.2, 0.25) is 0 Å². The second-order valence-electron chi connectivity index (χ2n) is 4.23. The largest absolute Gasteiger partial charge is 0.480 e. The molecule has 116 valence electrons. The Morgan fingerprint density at radius 3 is 2.62 bits per heavy atom. The van der Waals surface area contributed by atoms with Gasteiger partial charge in [-0.15, -0.1) is 0 Å². The molecule has 0 bridgehead atoms. The highest BCUT2D eigenvalue weighted by molar-refractivity contribution is 9.10. The van der Waals surface area contributed by atoms with Crippen molar-refractivity contribution in [3.8, 4) is 0 Å². The fraction of sp³-hybridized carbons (Fsp3) is 0.333. The van der Waals surface area contributed by atoms with Crippen LogP contribution in [0.25, 0.3) is 0 Å². The molecular weight excluding hydrogens is 364 g/mol. The number of sulfonamides is 1. The van der Waals surface area contributed by atoms with E-state index in [0.717, 1.165) is 0 Å². The van der Waals surface area contributed by atoms with Gasteiger partial charge in [-0.25, -0.2) is 13.1 Å². The van der Waals surface area contributed by atoms with Crippen LogP contribution in [-0.2, 0) is 19.6 Å². The lowest BCUT2D eigenvalue weighted by Gasteiger charge is -2.10. The molecule has 0 saturated heterocycles. The number of nitrogens with one attached hydrogen (secondary N) is 2. The van der Waals surface area contributed by atoms with Crippen LogP contribution in [-0.4, -0.2) is 38.0 Å². The van der Waals surface area contributed by atoms with Crippen molar-refractivity contribution in [2.24, 2.45) is 0 Å². The quantitative estimate of drug-likeness (QED) is 0.646. The molecule has 0 fully saturated rings. The van der Waals surface area contributed by atoms with Gasteiger partial charge in [0, 0.05) is 17.4 Å². The van der Waals surface area contributed by atoms with Crippen LogP contribution in [0.3, 0.4) is 0 Å². The first-order valence-corrected chi connectivity index (χ1v) is 8.27. The number of carbonyl (C=O) groups excluding carboxylic acids is 1. The zero-order chi connectivity index (χ0) is 16.0. The van der Waals surface area contributed by atoms with Crippen molar-refractivity contribution in [2.75, 3.05) is 6.54 Å². The van der Waals surface area contributed by atoms with Crippen molar-refractivity contribution < 1.29 is 23.1 Å². The zero-order valence-electron chi connectivity index (χ0n) is 11.2. The Labute approximate surface area is 130 Å².